The van der Waals surface area contributed by atoms with Crippen LogP contribution in [-0.4, -0.2) is 57.0 Å². The van der Waals surface area contributed by atoms with Crippen molar-refractivity contribution in [2.45, 2.75) is 22.9 Å². The second-order valence-electron chi connectivity index (χ2n) is 8.63. The fourth-order valence-corrected chi connectivity index (χ4v) is 6.63. The van der Waals surface area contributed by atoms with Gasteiger partial charge in [-0.15, -0.1) is 10.2 Å². The standard InChI is InChI=1S/C26H23N5O5S2/c32-24(19-11-13-22(14-12-19)31(33)34)18-37-26-28-27-25(30(26)21-8-2-1-3-9-21)20-7-6-10-23(17-20)38(35,36)29-15-4-5-16-29/h1-3,6-14,17H,4-5,15-16,18H2. The van der Waals surface area contributed by atoms with Gasteiger partial charge in [-0.1, -0.05) is 42.1 Å². The van der Waals surface area contributed by atoms with E-state index >= 15 is 0 Å². The number of thioether (sulfide) groups is 1. The Labute approximate surface area is 223 Å². The molecule has 0 unspecified atom stereocenters. The molecule has 194 valence electrons. The summed E-state index contributed by atoms with van der Waals surface area (Å²) < 4.78 is 29.6. The van der Waals surface area contributed by atoms with Crippen LogP contribution in [0.15, 0.2) is 88.9 Å². The zero-order valence-electron chi connectivity index (χ0n) is 20.1. The number of para-hydroxylation sites is 1. The van der Waals surface area contributed by atoms with E-state index in [4.69, 9.17) is 0 Å². The number of carbonyl (C=O) groups is 1. The number of hydrogen-bond donors (Lipinski definition) is 0. The highest BCUT2D eigenvalue weighted by Crippen LogP contribution is 2.31. The lowest BCUT2D eigenvalue weighted by Crippen LogP contribution is -2.27. The molecule has 1 aromatic heterocycles. The average Bonchev–Trinajstić information content (AvgIpc) is 3.63. The number of aromatic nitrogens is 3. The lowest BCUT2D eigenvalue weighted by Gasteiger charge is -2.16. The third-order valence-electron chi connectivity index (χ3n) is 6.18. The van der Waals surface area contributed by atoms with E-state index in [2.05, 4.69) is 10.2 Å². The molecule has 1 aliphatic heterocycles. The topological polar surface area (TPSA) is 128 Å². The maximum atomic E-state index is 13.2. The summed E-state index contributed by atoms with van der Waals surface area (Å²) in [7, 11) is -3.62. The number of hydrogen-bond acceptors (Lipinski definition) is 8. The molecule has 1 fully saturated rings. The minimum absolute atomic E-state index is 0.0339. The highest BCUT2D eigenvalue weighted by Gasteiger charge is 2.28. The number of non-ortho nitro benzene ring substituents is 1. The van der Waals surface area contributed by atoms with Gasteiger partial charge in [-0.05, 0) is 49.2 Å². The van der Waals surface area contributed by atoms with Crippen molar-refractivity contribution in [3.05, 3.63) is 94.5 Å². The normalized spacial score (nSPS) is 14.0. The molecule has 0 N–H and O–H groups in total. The van der Waals surface area contributed by atoms with E-state index in [9.17, 15) is 23.3 Å². The molecule has 0 saturated carbocycles. The third-order valence-corrected chi connectivity index (χ3v) is 9.00. The lowest BCUT2D eigenvalue weighted by atomic mass is 10.1. The number of ketones is 1. The Morgan fingerprint density at radius 3 is 2.34 bits per heavy atom. The van der Waals surface area contributed by atoms with E-state index < -0.39 is 14.9 Å². The highest BCUT2D eigenvalue weighted by molar-refractivity contribution is 7.99. The van der Waals surface area contributed by atoms with Crippen LogP contribution >= 0.6 is 11.8 Å². The Morgan fingerprint density at radius 2 is 1.66 bits per heavy atom. The molecule has 2 heterocycles. The van der Waals surface area contributed by atoms with Gasteiger partial charge in [0.1, 0.15) is 0 Å². The number of sulfonamides is 1. The molecule has 0 atom stereocenters. The molecule has 1 aliphatic rings. The van der Waals surface area contributed by atoms with Crippen LogP contribution in [-0.2, 0) is 10.0 Å². The fraction of sp³-hybridized carbons (Fsp3) is 0.192. The number of Topliss-reactive ketones (excluding diaryl/α,β-unsaturated/α-hetero) is 1. The van der Waals surface area contributed by atoms with Crippen LogP contribution in [0.2, 0.25) is 0 Å². The summed E-state index contributed by atoms with van der Waals surface area (Å²) in [6, 6.07) is 21.5. The van der Waals surface area contributed by atoms with Crippen LogP contribution in [0.3, 0.4) is 0 Å². The fourth-order valence-electron chi connectivity index (χ4n) is 4.22. The van der Waals surface area contributed by atoms with Crippen LogP contribution in [0.1, 0.15) is 23.2 Å². The molecule has 3 aromatic carbocycles. The number of benzene rings is 3. The van der Waals surface area contributed by atoms with Crippen LogP contribution in [0.5, 0.6) is 0 Å². The zero-order valence-corrected chi connectivity index (χ0v) is 21.8. The average molecular weight is 550 g/mol. The Bertz CT molecular complexity index is 1580. The first kappa shape index (κ1) is 25.8. The smallest absolute Gasteiger partial charge is 0.269 e. The maximum absolute atomic E-state index is 13.2. The van der Waals surface area contributed by atoms with Crippen molar-refractivity contribution < 1.29 is 18.1 Å². The summed E-state index contributed by atoms with van der Waals surface area (Å²) >= 11 is 1.18. The number of nitro benzene ring substituents is 1. The van der Waals surface area contributed by atoms with Crippen LogP contribution in [0.25, 0.3) is 17.1 Å². The Hall–Kier alpha value is -3.87. The van der Waals surface area contributed by atoms with Gasteiger partial charge in [-0.2, -0.15) is 4.31 Å². The number of rotatable bonds is 9. The molecule has 4 aromatic rings. The summed E-state index contributed by atoms with van der Waals surface area (Å²) in [5.74, 6) is 0.263. The molecule has 0 bridgehead atoms. The molecule has 38 heavy (non-hydrogen) atoms. The maximum Gasteiger partial charge on any atom is 0.269 e. The predicted molar refractivity (Wildman–Crippen MR) is 143 cm³/mol. The van der Waals surface area contributed by atoms with E-state index in [1.54, 1.807) is 28.8 Å². The second kappa shape index (κ2) is 10.9. The van der Waals surface area contributed by atoms with Crippen molar-refractivity contribution in [3.63, 3.8) is 0 Å². The number of carbonyl (C=O) groups excluding carboxylic acids is 1. The number of nitro groups is 1. The SMILES string of the molecule is O=C(CSc1nnc(-c2cccc(S(=O)(=O)N3CCCC3)c2)n1-c1ccccc1)c1ccc([N+](=O)[O-])cc1. The van der Waals surface area contributed by atoms with Gasteiger partial charge in [-0.3, -0.25) is 19.5 Å². The van der Waals surface area contributed by atoms with E-state index in [1.807, 2.05) is 30.3 Å². The van der Waals surface area contributed by atoms with Gasteiger partial charge in [-0.25, -0.2) is 8.42 Å². The van der Waals surface area contributed by atoms with Gasteiger partial charge >= 0.3 is 0 Å². The molecule has 0 amide bonds. The summed E-state index contributed by atoms with van der Waals surface area (Å²) in [6.45, 7) is 1.02. The van der Waals surface area contributed by atoms with Gasteiger partial charge in [0.15, 0.2) is 16.8 Å². The highest BCUT2D eigenvalue weighted by atomic mass is 32.2. The largest absolute Gasteiger partial charge is 0.293 e. The lowest BCUT2D eigenvalue weighted by molar-refractivity contribution is -0.384. The molecule has 1 saturated heterocycles. The molecule has 0 radical (unpaired) electrons. The van der Waals surface area contributed by atoms with Crippen LogP contribution in [0.4, 0.5) is 5.69 Å². The van der Waals surface area contributed by atoms with Crippen molar-refractivity contribution in [1.29, 1.82) is 0 Å². The third kappa shape index (κ3) is 5.23. The monoisotopic (exact) mass is 549 g/mol. The van der Waals surface area contributed by atoms with Crippen molar-refractivity contribution >= 4 is 33.3 Å². The molecule has 10 nitrogen and oxygen atoms in total. The zero-order chi connectivity index (χ0) is 26.7. The first-order valence-electron chi connectivity index (χ1n) is 11.9. The van der Waals surface area contributed by atoms with Crippen molar-refractivity contribution in [2.75, 3.05) is 18.8 Å². The summed E-state index contributed by atoms with van der Waals surface area (Å²) in [5.41, 5.74) is 1.60. The minimum Gasteiger partial charge on any atom is -0.293 e. The van der Waals surface area contributed by atoms with Gasteiger partial charge in [0.2, 0.25) is 10.0 Å². The molecule has 5 rings (SSSR count). The van der Waals surface area contributed by atoms with Crippen molar-refractivity contribution in [2.24, 2.45) is 0 Å². The van der Waals surface area contributed by atoms with Gasteiger partial charge < -0.3 is 0 Å². The van der Waals surface area contributed by atoms with Crippen molar-refractivity contribution in [3.8, 4) is 17.1 Å². The predicted octanol–water partition coefficient (Wildman–Crippen LogP) is 4.60. The molecular formula is C26H23N5O5S2. The Morgan fingerprint density at radius 1 is 0.947 bits per heavy atom. The molecular weight excluding hydrogens is 526 g/mol. The summed E-state index contributed by atoms with van der Waals surface area (Å²) in [4.78, 5) is 23.4. The second-order valence-corrected chi connectivity index (χ2v) is 11.5. The first-order valence-corrected chi connectivity index (χ1v) is 14.3. The summed E-state index contributed by atoms with van der Waals surface area (Å²) in [5, 5.41) is 20.0. The quantitative estimate of drug-likeness (QED) is 0.128. The van der Waals surface area contributed by atoms with E-state index in [0.717, 1.165) is 18.5 Å². The van der Waals surface area contributed by atoms with Crippen molar-refractivity contribution in [1.82, 2.24) is 19.1 Å². The number of nitrogens with zero attached hydrogens (tertiary/aromatic N) is 5. The van der Waals surface area contributed by atoms with E-state index in [0.29, 0.717) is 35.2 Å². The Kier molecular flexibility index (Phi) is 7.36. The van der Waals surface area contributed by atoms with Gasteiger partial charge in [0.25, 0.3) is 5.69 Å². The van der Waals surface area contributed by atoms with Gasteiger partial charge in [0, 0.05) is 42.0 Å². The molecule has 0 aliphatic carbocycles. The van der Waals surface area contributed by atoms with E-state index in [-0.39, 0.29) is 22.1 Å². The van der Waals surface area contributed by atoms with Gasteiger partial charge in [0.05, 0.1) is 15.6 Å². The van der Waals surface area contributed by atoms with E-state index in [1.165, 1.54) is 40.3 Å². The Balaban J connectivity index is 1.46. The summed E-state index contributed by atoms with van der Waals surface area (Å²) in [6.07, 6.45) is 1.70. The van der Waals surface area contributed by atoms with Crippen LogP contribution < -0.4 is 0 Å². The molecule has 0 spiro atoms. The minimum atomic E-state index is -3.62. The van der Waals surface area contributed by atoms with Crippen LogP contribution in [0, 0.1) is 10.1 Å². The first-order chi connectivity index (χ1) is 18.3. The molecule has 12 heteroatoms.